The first kappa shape index (κ1) is 19.1. The molecule has 3 rings (SSSR count). The highest BCUT2D eigenvalue weighted by Crippen LogP contribution is 2.26. The molecule has 0 amide bonds. The van der Waals surface area contributed by atoms with Crippen LogP contribution in [0, 0.1) is 13.8 Å². The van der Waals surface area contributed by atoms with Crippen molar-refractivity contribution >= 4 is 15.7 Å². The minimum absolute atomic E-state index is 0.244. The van der Waals surface area contributed by atoms with Crippen molar-refractivity contribution < 1.29 is 12.8 Å². The van der Waals surface area contributed by atoms with Gasteiger partial charge in [-0.25, -0.2) is 12.7 Å². The quantitative estimate of drug-likeness (QED) is 0.700. The fraction of sp³-hybridized carbons (Fsp3) is 0.263. The summed E-state index contributed by atoms with van der Waals surface area (Å²) in [6.07, 6.45) is 0. The second-order valence-electron chi connectivity index (χ2n) is 6.42. The minimum Gasteiger partial charge on any atom is -0.419 e. The van der Waals surface area contributed by atoms with Gasteiger partial charge in [-0.1, -0.05) is 18.2 Å². The van der Waals surface area contributed by atoms with E-state index in [1.165, 1.54) is 18.4 Å². The van der Waals surface area contributed by atoms with Gasteiger partial charge in [0.05, 0.1) is 11.4 Å². The molecule has 0 saturated carbocycles. The molecule has 1 aromatic heterocycles. The third kappa shape index (κ3) is 4.01. The first-order valence-corrected chi connectivity index (χ1v) is 9.88. The lowest BCUT2D eigenvalue weighted by molar-refractivity contribution is 0.515. The highest BCUT2D eigenvalue weighted by atomic mass is 32.2. The maximum Gasteiger partial charge on any atom is 0.247 e. The Morgan fingerprint density at radius 3 is 2.44 bits per heavy atom. The van der Waals surface area contributed by atoms with Gasteiger partial charge in [0.25, 0.3) is 0 Å². The molecule has 0 fully saturated rings. The second-order valence-corrected chi connectivity index (χ2v) is 8.57. The van der Waals surface area contributed by atoms with E-state index >= 15 is 0 Å². The summed E-state index contributed by atoms with van der Waals surface area (Å²) in [6.45, 7) is 4.12. The normalized spacial score (nSPS) is 11.7. The average Bonchev–Trinajstić information content (AvgIpc) is 3.12. The Morgan fingerprint density at radius 2 is 1.78 bits per heavy atom. The van der Waals surface area contributed by atoms with Crippen LogP contribution >= 0.6 is 0 Å². The third-order valence-electron chi connectivity index (χ3n) is 4.34. The maximum atomic E-state index is 12.4. The summed E-state index contributed by atoms with van der Waals surface area (Å²) in [5.41, 5.74) is 3.42. The molecule has 0 bridgehead atoms. The third-order valence-corrected chi connectivity index (χ3v) is 6.13. The van der Waals surface area contributed by atoms with Crippen molar-refractivity contribution in [1.29, 1.82) is 0 Å². The summed E-state index contributed by atoms with van der Waals surface area (Å²) in [5, 5.41) is 11.3. The Hall–Kier alpha value is -2.71. The Bertz CT molecular complexity index is 1040. The fourth-order valence-corrected chi connectivity index (χ4v) is 3.58. The maximum absolute atomic E-state index is 12.4. The van der Waals surface area contributed by atoms with Gasteiger partial charge in [-0.3, -0.25) is 0 Å². The Labute approximate surface area is 159 Å². The number of sulfonamides is 1. The summed E-state index contributed by atoms with van der Waals surface area (Å²) in [6, 6.07) is 12.8. The van der Waals surface area contributed by atoms with Crippen LogP contribution in [-0.4, -0.2) is 37.0 Å². The minimum atomic E-state index is -3.51. The molecule has 0 aliphatic rings. The van der Waals surface area contributed by atoms with Gasteiger partial charge in [-0.2, -0.15) is 0 Å². The lowest BCUT2D eigenvalue weighted by Crippen LogP contribution is -2.22. The first-order valence-electron chi connectivity index (χ1n) is 8.44. The molecule has 7 nitrogen and oxygen atoms in total. The van der Waals surface area contributed by atoms with E-state index in [0.29, 0.717) is 18.3 Å². The molecule has 0 aliphatic carbocycles. The summed E-state index contributed by atoms with van der Waals surface area (Å²) in [7, 11) is -0.481. The molecule has 1 heterocycles. The standard InChI is InChI=1S/C19H22N4O3S/c1-13-10-16(27(24,25)23(3)4)11-17(14(13)2)20-12-18-21-22-19(26-18)15-8-6-5-7-9-15/h5-11,20H,12H2,1-4H3. The molecule has 0 atom stereocenters. The fourth-order valence-electron chi connectivity index (χ4n) is 2.56. The predicted molar refractivity (Wildman–Crippen MR) is 104 cm³/mol. The second kappa shape index (κ2) is 7.50. The zero-order valence-electron chi connectivity index (χ0n) is 15.7. The summed E-state index contributed by atoms with van der Waals surface area (Å²) < 4.78 is 31.8. The van der Waals surface area contributed by atoms with Crippen LogP contribution in [0.15, 0.2) is 51.8 Å². The van der Waals surface area contributed by atoms with Crippen molar-refractivity contribution in [3.05, 3.63) is 59.5 Å². The monoisotopic (exact) mass is 386 g/mol. The van der Waals surface area contributed by atoms with Crippen molar-refractivity contribution in [1.82, 2.24) is 14.5 Å². The molecule has 1 N–H and O–H groups in total. The Balaban J connectivity index is 1.82. The van der Waals surface area contributed by atoms with Crippen molar-refractivity contribution in [3.63, 3.8) is 0 Å². The molecule has 0 unspecified atom stereocenters. The van der Waals surface area contributed by atoms with Gasteiger partial charge in [0.2, 0.25) is 21.8 Å². The molecule has 0 radical (unpaired) electrons. The van der Waals surface area contributed by atoms with E-state index in [2.05, 4.69) is 15.5 Å². The van der Waals surface area contributed by atoms with E-state index in [9.17, 15) is 8.42 Å². The lowest BCUT2D eigenvalue weighted by Gasteiger charge is -2.16. The number of hydrogen-bond acceptors (Lipinski definition) is 6. The Morgan fingerprint density at radius 1 is 1.07 bits per heavy atom. The molecule has 3 aromatic rings. The average molecular weight is 386 g/mol. The van der Waals surface area contributed by atoms with Gasteiger partial charge in [-0.15, -0.1) is 10.2 Å². The number of hydrogen-bond donors (Lipinski definition) is 1. The highest BCUT2D eigenvalue weighted by molar-refractivity contribution is 7.89. The van der Waals surface area contributed by atoms with Gasteiger partial charge >= 0.3 is 0 Å². The van der Waals surface area contributed by atoms with Crippen molar-refractivity contribution in [2.45, 2.75) is 25.3 Å². The number of benzene rings is 2. The number of aromatic nitrogens is 2. The van der Waals surface area contributed by atoms with Crippen LogP contribution in [0.4, 0.5) is 5.69 Å². The van der Waals surface area contributed by atoms with Gasteiger partial charge in [0.15, 0.2) is 0 Å². The van der Waals surface area contributed by atoms with Crippen molar-refractivity contribution in [2.24, 2.45) is 0 Å². The molecule has 142 valence electrons. The van der Waals surface area contributed by atoms with E-state index in [1.807, 2.05) is 44.2 Å². The van der Waals surface area contributed by atoms with E-state index in [4.69, 9.17) is 4.42 Å². The zero-order chi connectivity index (χ0) is 19.6. The summed E-state index contributed by atoms with van der Waals surface area (Å²) in [5.74, 6) is 0.871. The largest absolute Gasteiger partial charge is 0.419 e. The molecule has 0 aliphatic heterocycles. The number of nitrogens with zero attached hydrogens (tertiary/aromatic N) is 3. The Kier molecular flexibility index (Phi) is 5.29. The van der Waals surface area contributed by atoms with Crippen LogP contribution in [0.5, 0.6) is 0 Å². The van der Waals surface area contributed by atoms with E-state index in [-0.39, 0.29) is 4.90 Å². The molecule has 0 spiro atoms. The molecule has 8 heteroatoms. The van der Waals surface area contributed by atoms with Crippen LogP contribution < -0.4 is 5.32 Å². The number of nitrogens with one attached hydrogen (secondary N) is 1. The molecular formula is C19H22N4O3S. The van der Waals surface area contributed by atoms with Crippen LogP contribution in [-0.2, 0) is 16.6 Å². The van der Waals surface area contributed by atoms with Crippen LogP contribution in [0.25, 0.3) is 11.5 Å². The van der Waals surface area contributed by atoms with Gasteiger partial charge < -0.3 is 9.73 Å². The molecule has 2 aromatic carbocycles. The van der Waals surface area contributed by atoms with Crippen LogP contribution in [0.3, 0.4) is 0 Å². The number of rotatable bonds is 6. The smallest absolute Gasteiger partial charge is 0.247 e. The number of anilines is 1. The molecule has 27 heavy (non-hydrogen) atoms. The van der Waals surface area contributed by atoms with Gasteiger partial charge in [0.1, 0.15) is 0 Å². The summed E-state index contributed by atoms with van der Waals surface area (Å²) in [4.78, 5) is 0.244. The summed E-state index contributed by atoms with van der Waals surface area (Å²) >= 11 is 0. The topological polar surface area (TPSA) is 88.3 Å². The van der Waals surface area contributed by atoms with E-state index < -0.39 is 10.0 Å². The van der Waals surface area contributed by atoms with Crippen molar-refractivity contribution in [3.8, 4) is 11.5 Å². The van der Waals surface area contributed by atoms with Crippen molar-refractivity contribution in [2.75, 3.05) is 19.4 Å². The lowest BCUT2D eigenvalue weighted by atomic mass is 10.1. The highest BCUT2D eigenvalue weighted by Gasteiger charge is 2.19. The van der Waals surface area contributed by atoms with E-state index in [0.717, 1.165) is 22.4 Å². The zero-order valence-corrected chi connectivity index (χ0v) is 16.5. The van der Waals surface area contributed by atoms with Gasteiger partial charge in [0, 0.05) is 25.3 Å². The molecule has 0 saturated heterocycles. The SMILES string of the molecule is Cc1cc(S(=O)(=O)N(C)C)cc(NCc2nnc(-c3ccccc3)o2)c1C. The van der Waals surface area contributed by atoms with Crippen LogP contribution in [0.2, 0.25) is 0 Å². The first-order chi connectivity index (χ1) is 12.8. The van der Waals surface area contributed by atoms with Crippen LogP contribution in [0.1, 0.15) is 17.0 Å². The van der Waals surface area contributed by atoms with Gasteiger partial charge in [-0.05, 0) is 49.2 Å². The number of aryl methyl sites for hydroxylation is 1. The predicted octanol–water partition coefficient (Wildman–Crippen LogP) is 3.22. The molecular weight excluding hydrogens is 364 g/mol. The van der Waals surface area contributed by atoms with E-state index in [1.54, 1.807) is 12.1 Å².